The monoisotopic (exact) mass is 336 g/mol. The highest BCUT2D eigenvalue weighted by molar-refractivity contribution is 7.88. The number of carbonyl (C=O) groups is 1. The summed E-state index contributed by atoms with van der Waals surface area (Å²) in [5.41, 5.74) is 0. The standard InChI is InChI=1S/C13H21FN2O5S/c1-21-8-3-2-7-4-10(17)13(12(14)9(7)5-8)16-6-11(18)15-22(16,19)20/h7-10,12-13,17H,2-6H2,1H3,(H,15,18)/t7?,8-,9?,10?,12?,13?/m0/s1. The molecule has 9 heteroatoms. The molecule has 1 heterocycles. The number of aliphatic hydroxyl groups is 1. The number of rotatable bonds is 2. The normalized spacial score (nSPS) is 45.3. The summed E-state index contributed by atoms with van der Waals surface area (Å²) in [6.07, 6.45) is -0.189. The number of amides is 1. The molecule has 3 aliphatic rings. The molecule has 22 heavy (non-hydrogen) atoms. The summed E-state index contributed by atoms with van der Waals surface area (Å²) in [5.74, 6) is -1.01. The van der Waals surface area contributed by atoms with Gasteiger partial charge in [-0.05, 0) is 37.5 Å². The van der Waals surface area contributed by atoms with Crippen molar-refractivity contribution in [2.24, 2.45) is 11.8 Å². The van der Waals surface area contributed by atoms with Gasteiger partial charge in [0.15, 0.2) is 0 Å². The lowest BCUT2D eigenvalue weighted by Gasteiger charge is -2.47. The molecule has 0 bridgehead atoms. The molecule has 2 aliphatic carbocycles. The number of halogens is 1. The molecule has 0 aromatic heterocycles. The average Bonchev–Trinajstić information content (AvgIpc) is 2.71. The summed E-state index contributed by atoms with van der Waals surface area (Å²) < 4.78 is 46.8. The number of nitrogens with zero attached hydrogens (tertiary/aromatic N) is 1. The van der Waals surface area contributed by atoms with Crippen molar-refractivity contribution in [3.63, 3.8) is 0 Å². The van der Waals surface area contributed by atoms with E-state index in [0.717, 1.165) is 17.1 Å². The van der Waals surface area contributed by atoms with E-state index in [0.29, 0.717) is 12.8 Å². The van der Waals surface area contributed by atoms with Crippen molar-refractivity contribution >= 4 is 16.1 Å². The molecule has 0 radical (unpaired) electrons. The third-order valence-electron chi connectivity index (χ3n) is 5.19. The van der Waals surface area contributed by atoms with Crippen molar-refractivity contribution in [2.45, 2.75) is 50.1 Å². The number of fused-ring (bicyclic) bond motifs is 1. The molecule has 5 unspecified atom stereocenters. The van der Waals surface area contributed by atoms with Crippen LogP contribution in [0.25, 0.3) is 0 Å². The second-order valence-corrected chi connectivity index (χ2v) is 8.03. The second-order valence-electron chi connectivity index (χ2n) is 6.41. The van der Waals surface area contributed by atoms with Crippen molar-refractivity contribution in [3.05, 3.63) is 0 Å². The van der Waals surface area contributed by atoms with Crippen LogP contribution >= 0.6 is 0 Å². The molecule has 3 rings (SSSR count). The van der Waals surface area contributed by atoms with Crippen molar-refractivity contribution in [1.82, 2.24) is 9.03 Å². The molecule has 6 atom stereocenters. The fourth-order valence-electron chi connectivity index (χ4n) is 4.12. The zero-order valence-electron chi connectivity index (χ0n) is 12.3. The molecule has 1 saturated heterocycles. The summed E-state index contributed by atoms with van der Waals surface area (Å²) >= 11 is 0. The molecule has 0 aromatic rings. The van der Waals surface area contributed by atoms with Crippen LogP contribution in [0.4, 0.5) is 4.39 Å². The van der Waals surface area contributed by atoms with Crippen molar-refractivity contribution in [2.75, 3.05) is 13.7 Å². The molecule has 2 N–H and O–H groups in total. The first-order valence-corrected chi connectivity index (χ1v) is 8.95. The lowest BCUT2D eigenvalue weighted by atomic mass is 9.66. The van der Waals surface area contributed by atoms with E-state index in [1.807, 2.05) is 4.72 Å². The Morgan fingerprint density at radius 1 is 1.36 bits per heavy atom. The van der Waals surface area contributed by atoms with E-state index in [9.17, 15) is 18.3 Å². The Kier molecular flexibility index (Phi) is 4.17. The third-order valence-corrected chi connectivity index (χ3v) is 6.67. The molecule has 0 spiro atoms. The fraction of sp³-hybridized carbons (Fsp3) is 0.923. The first kappa shape index (κ1) is 16.1. The van der Waals surface area contributed by atoms with Gasteiger partial charge in [-0.2, -0.15) is 12.7 Å². The van der Waals surface area contributed by atoms with Crippen LogP contribution in [0.3, 0.4) is 0 Å². The van der Waals surface area contributed by atoms with E-state index in [4.69, 9.17) is 4.74 Å². The Bertz CT molecular complexity index is 557. The smallest absolute Gasteiger partial charge is 0.304 e. The Morgan fingerprint density at radius 3 is 2.68 bits per heavy atom. The number of methoxy groups -OCH3 is 1. The third kappa shape index (κ3) is 2.64. The van der Waals surface area contributed by atoms with Crippen LogP contribution in [0.2, 0.25) is 0 Å². The molecule has 0 aromatic carbocycles. The Labute approximate surface area is 129 Å². The van der Waals surface area contributed by atoms with Crippen LogP contribution < -0.4 is 4.72 Å². The average molecular weight is 336 g/mol. The molecule has 3 fully saturated rings. The minimum absolute atomic E-state index is 0.0293. The van der Waals surface area contributed by atoms with Crippen molar-refractivity contribution < 1.29 is 27.4 Å². The summed E-state index contributed by atoms with van der Waals surface area (Å²) in [6.45, 7) is -0.435. The van der Waals surface area contributed by atoms with Gasteiger partial charge in [-0.25, -0.2) is 9.11 Å². The van der Waals surface area contributed by atoms with Gasteiger partial charge < -0.3 is 9.84 Å². The lowest BCUT2D eigenvalue weighted by molar-refractivity contribution is -0.120. The molecular formula is C13H21FN2O5S. The van der Waals surface area contributed by atoms with Gasteiger partial charge in [-0.15, -0.1) is 0 Å². The lowest BCUT2D eigenvalue weighted by Crippen LogP contribution is -2.59. The van der Waals surface area contributed by atoms with Gasteiger partial charge in [0.2, 0.25) is 5.91 Å². The van der Waals surface area contributed by atoms with Gasteiger partial charge in [0.1, 0.15) is 6.17 Å². The predicted octanol–water partition coefficient (Wildman–Crippen LogP) is -0.434. The largest absolute Gasteiger partial charge is 0.391 e. The minimum Gasteiger partial charge on any atom is -0.391 e. The van der Waals surface area contributed by atoms with Crippen LogP contribution in [0.5, 0.6) is 0 Å². The maximum absolute atomic E-state index is 15.0. The number of alkyl halides is 1. The number of nitrogens with one attached hydrogen (secondary N) is 1. The highest BCUT2D eigenvalue weighted by Crippen LogP contribution is 2.44. The van der Waals surface area contributed by atoms with E-state index in [1.165, 1.54) is 0 Å². The summed E-state index contributed by atoms with van der Waals surface area (Å²) in [5, 5.41) is 10.3. The summed E-state index contributed by atoms with van der Waals surface area (Å²) in [7, 11) is -2.47. The molecule has 7 nitrogen and oxygen atoms in total. The van der Waals surface area contributed by atoms with Crippen molar-refractivity contribution in [3.8, 4) is 0 Å². The van der Waals surface area contributed by atoms with E-state index < -0.39 is 41.0 Å². The maximum atomic E-state index is 15.0. The van der Waals surface area contributed by atoms with Gasteiger partial charge in [0, 0.05) is 7.11 Å². The number of carbonyl (C=O) groups excluding carboxylic acids is 1. The first-order valence-electron chi connectivity index (χ1n) is 7.51. The van der Waals surface area contributed by atoms with Crippen molar-refractivity contribution in [1.29, 1.82) is 0 Å². The van der Waals surface area contributed by atoms with Crippen LogP contribution in [0.1, 0.15) is 25.7 Å². The number of ether oxygens (including phenoxy) is 1. The second kappa shape index (κ2) is 5.70. The van der Waals surface area contributed by atoms with E-state index in [-0.39, 0.29) is 17.9 Å². The molecule has 1 amide bonds. The predicted molar refractivity (Wildman–Crippen MR) is 74.7 cm³/mol. The van der Waals surface area contributed by atoms with Crippen LogP contribution in [-0.2, 0) is 19.7 Å². The molecule has 1 aliphatic heterocycles. The van der Waals surface area contributed by atoms with Crippen LogP contribution in [0.15, 0.2) is 0 Å². The first-order chi connectivity index (χ1) is 10.3. The zero-order chi connectivity index (χ0) is 16.1. The van der Waals surface area contributed by atoms with E-state index >= 15 is 4.39 Å². The Hall–Kier alpha value is -0.770. The molecular weight excluding hydrogens is 315 g/mol. The van der Waals surface area contributed by atoms with Gasteiger partial charge in [-0.1, -0.05) is 0 Å². The molecule has 2 saturated carbocycles. The SMILES string of the molecule is CO[C@H]1CCC2CC(O)C(N3CC(=O)NS3(=O)=O)C(F)C2C1. The number of hydrogen-bond donors (Lipinski definition) is 2. The Balaban J connectivity index is 1.84. The highest BCUT2D eigenvalue weighted by atomic mass is 32.2. The number of hydrogen-bond acceptors (Lipinski definition) is 5. The van der Waals surface area contributed by atoms with Crippen LogP contribution in [-0.4, -0.2) is 61.8 Å². The molecule has 126 valence electrons. The van der Waals surface area contributed by atoms with Gasteiger partial charge in [-0.3, -0.25) is 4.79 Å². The topological polar surface area (TPSA) is 95.9 Å². The van der Waals surface area contributed by atoms with Gasteiger partial charge in [0.25, 0.3) is 0 Å². The van der Waals surface area contributed by atoms with E-state index in [2.05, 4.69) is 0 Å². The van der Waals surface area contributed by atoms with Gasteiger partial charge >= 0.3 is 10.2 Å². The summed E-state index contributed by atoms with van der Waals surface area (Å²) in [6, 6.07) is -1.21. The maximum Gasteiger partial charge on any atom is 0.304 e. The van der Waals surface area contributed by atoms with E-state index in [1.54, 1.807) is 7.11 Å². The Morgan fingerprint density at radius 2 is 2.09 bits per heavy atom. The number of aliphatic hydroxyl groups excluding tert-OH is 1. The summed E-state index contributed by atoms with van der Waals surface area (Å²) in [4.78, 5) is 11.4. The quantitative estimate of drug-likeness (QED) is 0.713. The zero-order valence-corrected chi connectivity index (χ0v) is 13.1. The van der Waals surface area contributed by atoms with Crippen LogP contribution in [0, 0.1) is 11.8 Å². The van der Waals surface area contributed by atoms with Gasteiger partial charge in [0.05, 0.1) is 24.8 Å². The minimum atomic E-state index is -4.06. The highest BCUT2D eigenvalue weighted by Gasteiger charge is 2.53. The fourth-order valence-corrected chi connectivity index (χ4v) is 5.45.